The Kier molecular flexibility index (Phi) is 5.04. The molecule has 1 heterocycles. The van der Waals surface area contributed by atoms with Crippen molar-refractivity contribution >= 4 is 26.0 Å². The van der Waals surface area contributed by atoms with Gasteiger partial charge in [0.25, 0.3) is 0 Å². The lowest BCUT2D eigenvalue weighted by Gasteiger charge is -2.11. The number of benzene rings is 1. The van der Waals surface area contributed by atoms with Crippen molar-refractivity contribution < 1.29 is 13.5 Å². The fraction of sp³-hybridized carbons (Fsp3) is 0.231. The zero-order chi connectivity index (χ0) is 15.5. The molecule has 2 N–H and O–H groups in total. The van der Waals surface area contributed by atoms with Crippen molar-refractivity contribution in [3.8, 4) is 0 Å². The third-order valence-corrected chi connectivity index (χ3v) is 5.56. The lowest BCUT2D eigenvalue weighted by molar-refractivity contribution is 0.281. The zero-order valence-electron chi connectivity index (χ0n) is 11.2. The van der Waals surface area contributed by atoms with Crippen molar-refractivity contribution in [3.05, 3.63) is 51.8 Å². The number of aromatic nitrogens is 2. The summed E-state index contributed by atoms with van der Waals surface area (Å²) in [7, 11) is -3.72. The minimum absolute atomic E-state index is 0.0466. The molecule has 0 aliphatic heterocycles. The van der Waals surface area contributed by atoms with Gasteiger partial charge in [0.2, 0.25) is 10.0 Å². The molecule has 2 rings (SSSR count). The van der Waals surface area contributed by atoms with E-state index in [1.54, 1.807) is 25.1 Å². The van der Waals surface area contributed by atoms with Gasteiger partial charge in [-0.05, 0) is 52.2 Å². The van der Waals surface area contributed by atoms with Crippen molar-refractivity contribution in [2.24, 2.45) is 0 Å². The molecule has 0 aliphatic rings. The van der Waals surface area contributed by atoms with Gasteiger partial charge >= 0.3 is 0 Å². The van der Waals surface area contributed by atoms with E-state index >= 15 is 0 Å². The molecule has 1 aromatic carbocycles. The fourth-order valence-electron chi connectivity index (χ4n) is 1.77. The van der Waals surface area contributed by atoms with Gasteiger partial charge < -0.3 is 5.11 Å². The molecule has 21 heavy (non-hydrogen) atoms. The first-order chi connectivity index (χ1) is 9.94. The van der Waals surface area contributed by atoms with Gasteiger partial charge in [-0.2, -0.15) is 10.2 Å². The van der Waals surface area contributed by atoms with Crippen molar-refractivity contribution in [2.45, 2.75) is 25.0 Å². The highest BCUT2D eigenvalue weighted by atomic mass is 79.9. The van der Waals surface area contributed by atoms with Crippen LogP contribution in [-0.4, -0.2) is 23.7 Å². The van der Waals surface area contributed by atoms with Gasteiger partial charge in [-0.25, -0.2) is 13.1 Å². The molecule has 0 saturated heterocycles. The summed E-state index contributed by atoms with van der Waals surface area (Å²) in [6.07, 6.45) is 1.52. The summed E-state index contributed by atoms with van der Waals surface area (Å²) in [5, 5.41) is 16.7. The standard InChI is InChI=1S/C13H14BrN3O3S/c1-9-5-10(8-18)6-12(13(9)14)21(19,20)16-7-11-3-2-4-15-17-11/h2-6,16,18H,7-8H2,1H3. The van der Waals surface area contributed by atoms with Crippen LogP contribution in [0.2, 0.25) is 0 Å². The lowest BCUT2D eigenvalue weighted by Crippen LogP contribution is -2.24. The molecule has 0 atom stereocenters. The first-order valence-electron chi connectivity index (χ1n) is 6.10. The Morgan fingerprint density at radius 2 is 2.14 bits per heavy atom. The van der Waals surface area contributed by atoms with Crippen molar-refractivity contribution in [1.29, 1.82) is 0 Å². The molecule has 0 bridgehead atoms. The average Bonchev–Trinajstić information content (AvgIpc) is 2.48. The van der Waals surface area contributed by atoms with E-state index in [2.05, 4.69) is 30.8 Å². The molecule has 0 aliphatic carbocycles. The maximum absolute atomic E-state index is 12.4. The normalized spacial score (nSPS) is 11.6. The zero-order valence-corrected chi connectivity index (χ0v) is 13.6. The van der Waals surface area contributed by atoms with Crippen LogP contribution in [0.15, 0.2) is 39.8 Å². The Hall–Kier alpha value is -1.35. The van der Waals surface area contributed by atoms with E-state index < -0.39 is 10.0 Å². The molecule has 6 nitrogen and oxygen atoms in total. The van der Waals surface area contributed by atoms with Gasteiger partial charge in [0.15, 0.2) is 0 Å². The lowest BCUT2D eigenvalue weighted by atomic mass is 10.1. The van der Waals surface area contributed by atoms with Gasteiger partial charge in [0.1, 0.15) is 0 Å². The molecule has 2 aromatic rings. The van der Waals surface area contributed by atoms with E-state index in [0.29, 0.717) is 15.7 Å². The molecule has 0 unspecified atom stereocenters. The maximum Gasteiger partial charge on any atom is 0.242 e. The third kappa shape index (κ3) is 3.85. The molecule has 0 radical (unpaired) electrons. The van der Waals surface area contributed by atoms with E-state index in [9.17, 15) is 13.5 Å². The number of rotatable bonds is 5. The summed E-state index contributed by atoms with van der Waals surface area (Å²) in [5.41, 5.74) is 1.80. The molecule has 0 amide bonds. The van der Waals surface area contributed by atoms with Gasteiger partial charge in [0.05, 0.1) is 23.7 Å². The number of hydrogen-bond donors (Lipinski definition) is 2. The van der Waals surface area contributed by atoms with Crippen molar-refractivity contribution in [1.82, 2.24) is 14.9 Å². The highest BCUT2D eigenvalue weighted by molar-refractivity contribution is 9.10. The Morgan fingerprint density at radius 3 is 2.76 bits per heavy atom. The molecular weight excluding hydrogens is 358 g/mol. The van der Waals surface area contributed by atoms with Crippen LogP contribution in [0.5, 0.6) is 0 Å². The molecule has 0 spiro atoms. The number of halogens is 1. The Bertz CT molecular complexity index is 736. The van der Waals surface area contributed by atoms with Gasteiger partial charge in [-0.15, -0.1) is 0 Å². The minimum Gasteiger partial charge on any atom is -0.392 e. The average molecular weight is 372 g/mol. The summed E-state index contributed by atoms with van der Waals surface area (Å²) in [5.74, 6) is 0. The van der Waals surface area contributed by atoms with Crippen LogP contribution in [0, 0.1) is 6.92 Å². The molecular formula is C13H14BrN3O3S. The van der Waals surface area contributed by atoms with Crippen molar-refractivity contribution in [3.63, 3.8) is 0 Å². The van der Waals surface area contributed by atoms with Crippen LogP contribution >= 0.6 is 15.9 Å². The molecule has 0 saturated carbocycles. The largest absolute Gasteiger partial charge is 0.392 e. The monoisotopic (exact) mass is 371 g/mol. The van der Waals surface area contributed by atoms with Crippen LogP contribution in [-0.2, 0) is 23.2 Å². The first kappa shape index (κ1) is 16.0. The summed E-state index contributed by atoms with van der Waals surface area (Å²) in [6, 6.07) is 6.53. The maximum atomic E-state index is 12.4. The van der Waals surface area contributed by atoms with Crippen LogP contribution < -0.4 is 4.72 Å². The predicted molar refractivity (Wildman–Crippen MR) is 80.9 cm³/mol. The minimum atomic E-state index is -3.72. The first-order valence-corrected chi connectivity index (χ1v) is 8.38. The highest BCUT2D eigenvalue weighted by Gasteiger charge is 2.19. The second-order valence-corrected chi connectivity index (χ2v) is 6.95. The third-order valence-electron chi connectivity index (χ3n) is 2.82. The quantitative estimate of drug-likeness (QED) is 0.830. The van der Waals surface area contributed by atoms with Gasteiger partial charge in [0, 0.05) is 10.7 Å². The van der Waals surface area contributed by atoms with E-state index in [-0.39, 0.29) is 18.0 Å². The van der Waals surface area contributed by atoms with Crippen molar-refractivity contribution in [2.75, 3.05) is 0 Å². The van der Waals surface area contributed by atoms with E-state index in [0.717, 1.165) is 5.56 Å². The Labute approximate surface area is 131 Å². The predicted octanol–water partition coefficient (Wildman–Crippen LogP) is 1.52. The van der Waals surface area contributed by atoms with E-state index in [1.807, 2.05) is 0 Å². The van der Waals surface area contributed by atoms with E-state index in [1.165, 1.54) is 12.3 Å². The second kappa shape index (κ2) is 6.61. The Morgan fingerprint density at radius 1 is 1.38 bits per heavy atom. The highest BCUT2D eigenvalue weighted by Crippen LogP contribution is 2.27. The SMILES string of the molecule is Cc1cc(CO)cc(S(=O)(=O)NCc2cccnn2)c1Br. The van der Waals surface area contributed by atoms with Crippen LogP contribution in [0.1, 0.15) is 16.8 Å². The molecule has 1 aromatic heterocycles. The smallest absolute Gasteiger partial charge is 0.242 e. The van der Waals surface area contributed by atoms with Gasteiger partial charge in [-0.3, -0.25) is 0 Å². The number of nitrogens with one attached hydrogen (secondary N) is 1. The summed E-state index contributed by atoms with van der Waals surface area (Å²) in [6.45, 7) is 1.59. The van der Waals surface area contributed by atoms with Crippen LogP contribution in [0.3, 0.4) is 0 Å². The summed E-state index contributed by atoms with van der Waals surface area (Å²) >= 11 is 3.28. The summed E-state index contributed by atoms with van der Waals surface area (Å²) in [4.78, 5) is 0.0930. The number of nitrogens with zero attached hydrogens (tertiary/aromatic N) is 2. The molecule has 112 valence electrons. The van der Waals surface area contributed by atoms with Crippen LogP contribution in [0.25, 0.3) is 0 Å². The topological polar surface area (TPSA) is 92.2 Å². The number of sulfonamides is 1. The van der Waals surface area contributed by atoms with E-state index in [4.69, 9.17) is 0 Å². The molecule has 8 heteroatoms. The Balaban J connectivity index is 2.29. The van der Waals surface area contributed by atoms with Gasteiger partial charge in [-0.1, -0.05) is 6.07 Å². The second-order valence-electron chi connectivity index (χ2n) is 4.42. The number of aliphatic hydroxyl groups excluding tert-OH is 1. The number of hydrogen-bond acceptors (Lipinski definition) is 5. The summed E-state index contributed by atoms with van der Waals surface area (Å²) < 4.78 is 27.7. The number of aryl methyl sites for hydroxylation is 1. The molecule has 0 fully saturated rings. The van der Waals surface area contributed by atoms with Crippen LogP contribution in [0.4, 0.5) is 0 Å². The fourth-order valence-corrected chi connectivity index (χ4v) is 3.84. The number of aliphatic hydroxyl groups is 1.